The molecule has 0 radical (unpaired) electrons. The Kier molecular flexibility index (Phi) is 7.22. The molecule has 2 amide bonds. The third-order valence-electron chi connectivity index (χ3n) is 4.21. The minimum atomic E-state index is -0.704. The number of nitrogens with two attached hydrogens (primary N) is 1. The second kappa shape index (κ2) is 9.88. The highest BCUT2D eigenvalue weighted by Gasteiger charge is 2.27. The number of rotatable bonds is 8. The number of halogens is 1. The van der Waals surface area contributed by atoms with Crippen LogP contribution in [0.1, 0.15) is 55.8 Å². The fraction of sp³-hybridized carbons (Fsp3) is 0.227. The minimum absolute atomic E-state index is 0.00421. The first-order valence-corrected chi connectivity index (χ1v) is 10.8. The second-order valence-corrected chi connectivity index (χ2v) is 8.50. The molecular formula is C22H21ClN2O6S. The summed E-state index contributed by atoms with van der Waals surface area (Å²) in [6.07, 6.45) is -0.380. The molecule has 0 saturated carbocycles. The van der Waals surface area contributed by atoms with Crippen LogP contribution < -0.4 is 15.8 Å². The van der Waals surface area contributed by atoms with Crippen molar-refractivity contribution in [2.75, 3.05) is 5.32 Å². The SMILES string of the molecule is Cc1c(C(N)=O)sc(NC(=O)c2ccc(COc3cccc(Cl)c3)o2)c1C(=O)OC(C)C. The molecule has 3 N–H and O–H groups in total. The smallest absolute Gasteiger partial charge is 0.341 e. The van der Waals surface area contributed by atoms with Gasteiger partial charge in [0.15, 0.2) is 5.76 Å². The maximum absolute atomic E-state index is 12.7. The van der Waals surface area contributed by atoms with Gasteiger partial charge in [-0.2, -0.15) is 0 Å². The van der Waals surface area contributed by atoms with Gasteiger partial charge in [-0.25, -0.2) is 4.79 Å². The van der Waals surface area contributed by atoms with E-state index >= 15 is 0 Å². The van der Waals surface area contributed by atoms with Crippen molar-refractivity contribution < 1.29 is 28.3 Å². The summed E-state index contributed by atoms with van der Waals surface area (Å²) < 4.78 is 16.4. The summed E-state index contributed by atoms with van der Waals surface area (Å²) in [5, 5.41) is 3.30. The number of carbonyl (C=O) groups is 3. The van der Waals surface area contributed by atoms with Crippen LogP contribution in [0.25, 0.3) is 0 Å². The number of benzene rings is 1. The van der Waals surface area contributed by atoms with Gasteiger partial charge in [0.2, 0.25) is 0 Å². The van der Waals surface area contributed by atoms with Crippen LogP contribution in [0, 0.1) is 6.92 Å². The van der Waals surface area contributed by atoms with Crippen LogP contribution in [0.4, 0.5) is 5.00 Å². The Hall–Kier alpha value is -3.30. The maximum atomic E-state index is 12.7. The Morgan fingerprint density at radius 2 is 1.97 bits per heavy atom. The lowest BCUT2D eigenvalue weighted by molar-refractivity contribution is 0.0379. The Labute approximate surface area is 193 Å². The van der Waals surface area contributed by atoms with Crippen molar-refractivity contribution in [3.8, 4) is 5.75 Å². The van der Waals surface area contributed by atoms with E-state index in [0.717, 1.165) is 11.3 Å². The van der Waals surface area contributed by atoms with Crippen LogP contribution in [0.15, 0.2) is 40.8 Å². The summed E-state index contributed by atoms with van der Waals surface area (Å²) in [5.41, 5.74) is 5.83. The average molecular weight is 477 g/mol. The molecule has 0 fully saturated rings. The summed E-state index contributed by atoms with van der Waals surface area (Å²) in [5.74, 6) is -0.993. The molecule has 0 atom stereocenters. The fourth-order valence-corrected chi connectivity index (χ4v) is 4.03. The number of furan rings is 1. The molecule has 0 aliphatic carbocycles. The molecule has 0 aliphatic rings. The summed E-state index contributed by atoms with van der Waals surface area (Å²) in [7, 11) is 0. The fourth-order valence-electron chi connectivity index (χ4n) is 2.81. The predicted molar refractivity (Wildman–Crippen MR) is 121 cm³/mol. The molecule has 0 spiro atoms. The van der Waals surface area contributed by atoms with Crippen LogP contribution in [-0.2, 0) is 11.3 Å². The molecule has 8 nitrogen and oxygen atoms in total. The van der Waals surface area contributed by atoms with E-state index < -0.39 is 17.8 Å². The first-order chi connectivity index (χ1) is 15.2. The lowest BCUT2D eigenvalue weighted by atomic mass is 10.1. The number of anilines is 1. The van der Waals surface area contributed by atoms with E-state index in [1.54, 1.807) is 51.1 Å². The zero-order chi connectivity index (χ0) is 23.4. The molecular weight excluding hydrogens is 456 g/mol. The molecule has 0 bridgehead atoms. The average Bonchev–Trinajstić information content (AvgIpc) is 3.30. The van der Waals surface area contributed by atoms with Crippen LogP contribution in [0.3, 0.4) is 0 Å². The second-order valence-electron chi connectivity index (χ2n) is 7.04. The summed E-state index contributed by atoms with van der Waals surface area (Å²) in [6.45, 7) is 5.05. The lowest BCUT2D eigenvalue weighted by Crippen LogP contribution is -2.17. The maximum Gasteiger partial charge on any atom is 0.341 e. The van der Waals surface area contributed by atoms with E-state index in [0.29, 0.717) is 22.1 Å². The number of ether oxygens (including phenoxy) is 2. The van der Waals surface area contributed by atoms with Crippen molar-refractivity contribution >= 4 is 45.7 Å². The Balaban J connectivity index is 1.76. The van der Waals surface area contributed by atoms with Gasteiger partial charge in [0.25, 0.3) is 11.8 Å². The number of amides is 2. The van der Waals surface area contributed by atoms with Gasteiger partial charge in [0.1, 0.15) is 23.1 Å². The van der Waals surface area contributed by atoms with Gasteiger partial charge < -0.3 is 24.9 Å². The summed E-state index contributed by atoms with van der Waals surface area (Å²) in [4.78, 5) is 37.1. The van der Waals surface area contributed by atoms with Crippen molar-refractivity contribution in [2.24, 2.45) is 5.73 Å². The zero-order valence-corrected chi connectivity index (χ0v) is 19.1. The van der Waals surface area contributed by atoms with E-state index in [1.807, 2.05) is 0 Å². The zero-order valence-electron chi connectivity index (χ0n) is 17.6. The molecule has 2 heterocycles. The molecule has 0 unspecified atom stereocenters. The summed E-state index contributed by atoms with van der Waals surface area (Å²) in [6, 6.07) is 9.96. The number of hydrogen-bond donors (Lipinski definition) is 2. The predicted octanol–water partition coefficient (Wildman–Crippen LogP) is 4.80. The van der Waals surface area contributed by atoms with Crippen molar-refractivity contribution in [1.82, 2.24) is 0 Å². The number of esters is 1. The number of thiophene rings is 1. The lowest BCUT2D eigenvalue weighted by Gasteiger charge is -2.10. The van der Waals surface area contributed by atoms with Gasteiger partial charge in [-0.1, -0.05) is 17.7 Å². The van der Waals surface area contributed by atoms with Crippen LogP contribution in [0.2, 0.25) is 5.02 Å². The molecule has 10 heteroatoms. The topological polar surface area (TPSA) is 121 Å². The number of carbonyl (C=O) groups excluding carboxylic acids is 3. The van der Waals surface area contributed by atoms with Crippen molar-refractivity contribution in [1.29, 1.82) is 0 Å². The highest BCUT2D eigenvalue weighted by atomic mass is 35.5. The standard InChI is InChI=1S/C22H21ClN2O6S/c1-11(2)30-22(28)17-12(3)18(19(24)26)32-21(17)25-20(27)16-8-7-15(31-16)10-29-14-6-4-5-13(23)9-14/h4-9,11H,10H2,1-3H3,(H2,24,26)(H,25,27). The molecule has 0 saturated heterocycles. The van der Waals surface area contributed by atoms with Gasteiger partial charge in [0.05, 0.1) is 16.5 Å². The van der Waals surface area contributed by atoms with Crippen molar-refractivity contribution in [3.63, 3.8) is 0 Å². The number of primary amides is 1. The van der Waals surface area contributed by atoms with E-state index in [9.17, 15) is 14.4 Å². The van der Waals surface area contributed by atoms with Gasteiger partial charge in [-0.15, -0.1) is 11.3 Å². The number of nitrogens with one attached hydrogen (secondary N) is 1. The first kappa shape index (κ1) is 23.4. The van der Waals surface area contributed by atoms with Crippen molar-refractivity contribution in [3.05, 3.63) is 68.9 Å². The van der Waals surface area contributed by atoms with Gasteiger partial charge >= 0.3 is 5.97 Å². The van der Waals surface area contributed by atoms with E-state index in [4.69, 9.17) is 31.2 Å². The Bertz CT molecular complexity index is 1170. The van der Waals surface area contributed by atoms with Gasteiger partial charge in [-0.3, -0.25) is 9.59 Å². The Morgan fingerprint density at radius 1 is 1.22 bits per heavy atom. The first-order valence-electron chi connectivity index (χ1n) is 9.58. The highest BCUT2D eigenvalue weighted by molar-refractivity contribution is 7.18. The third-order valence-corrected chi connectivity index (χ3v) is 5.66. The van der Waals surface area contributed by atoms with Crippen molar-refractivity contribution in [2.45, 2.75) is 33.5 Å². The molecule has 168 valence electrons. The molecule has 3 aromatic rings. The van der Waals surface area contributed by atoms with E-state index in [-0.39, 0.29) is 33.9 Å². The number of hydrogen-bond acceptors (Lipinski definition) is 7. The highest BCUT2D eigenvalue weighted by Crippen LogP contribution is 2.34. The normalized spacial score (nSPS) is 10.8. The molecule has 32 heavy (non-hydrogen) atoms. The third kappa shape index (κ3) is 5.49. The van der Waals surface area contributed by atoms with Crippen LogP contribution in [0.5, 0.6) is 5.75 Å². The molecule has 3 rings (SSSR count). The van der Waals surface area contributed by atoms with Crippen LogP contribution in [-0.4, -0.2) is 23.9 Å². The van der Waals surface area contributed by atoms with Gasteiger partial charge in [-0.05, 0) is 56.7 Å². The Morgan fingerprint density at radius 3 is 2.62 bits per heavy atom. The molecule has 0 aliphatic heterocycles. The molecule has 2 aromatic heterocycles. The summed E-state index contributed by atoms with van der Waals surface area (Å²) >= 11 is 6.83. The van der Waals surface area contributed by atoms with Crippen LogP contribution >= 0.6 is 22.9 Å². The van der Waals surface area contributed by atoms with E-state index in [1.165, 1.54) is 6.07 Å². The largest absolute Gasteiger partial charge is 0.486 e. The minimum Gasteiger partial charge on any atom is -0.486 e. The van der Waals surface area contributed by atoms with Gasteiger partial charge in [0, 0.05) is 5.02 Å². The quantitative estimate of drug-likeness (QED) is 0.450. The monoisotopic (exact) mass is 476 g/mol. The van der Waals surface area contributed by atoms with E-state index in [2.05, 4.69) is 5.32 Å². The molecule has 1 aromatic carbocycles.